The first-order valence-corrected chi connectivity index (χ1v) is 12.9. The predicted molar refractivity (Wildman–Crippen MR) is 133 cm³/mol. The Morgan fingerprint density at radius 3 is 2.28 bits per heavy atom. The van der Waals surface area contributed by atoms with Gasteiger partial charge in [-0.1, -0.05) is 40.9 Å². The molecule has 204 valence electrons. The summed E-state index contributed by atoms with van der Waals surface area (Å²) in [6.45, 7) is -0.763. The van der Waals surface area contributed by atoms with E-state index in [4.69, 9.17) is 49.9 Å². The van der Waals surface area contributed by atoms with Crippen LogP contribution in [0.5, 0.6) is 11.5 Å². The zero-order valence-corrected chi connectivity index (χ0v) is 22.1. The van der Waals surface area contributed by atoms with E-state index in [0.29, 0.717) is 0 Å². The monoisotopic (exact) mass is 621 g/mol. The molecule has 16 heteroatoms. The lowest BCUT2D eigenvalue weighted by Crippen LogP contribution is -2.38. The summed E-state index contributed by atoms with van der Waals surface area (Å²) in [6, 6.07) is 12.5. The number of halogens is 6. The number of nitrogens with zero attached hydrogens (tertiary/aromatic N) is 2. The number of hydroxylamine groups is 2. The molecule has 0 aliphatic carbocycles. The van der Waals surface area contributed by atoms with Crippen LogP contribution in [-0.2, 0) is 26.2 Å². The Balaban J connectivity index is 1.99. The molecule has 0 saturated heterocycles. The third kappa shape index (κ3) is 7.75. The number of amides is 1. The van der Waals surface area contributed by atoms with Gasteiger partial charge in [-0.2, -0.15) is 23.5 Å². The van der Waals surface area contributed by atoms with E-state index in [-0.39, 0.29) is 42.8 Å². The molecule has 3 aromatic rings. The van der Waals surface area contributed by atoms with E-state index in [1.807, 2.05) is 6.07 Å². The van der Waals surface area contributed by atoms with E-state index in [2.05, 4.69) is 4.84 Å². The van der Waals surface area contributed by atoms with Crippen LogP contribution in [0.3, 0.4) is 0 Å². The molecule has 39 heavy (non-hydrogen) atoms. The molecule has 3 aromatic carbocycles. The second-order valence-electron chi connectivity index (χ2n) is 7.56. The summed E-state index contributed by atoms with van der Waals surface area (Å²) in [5.41, 5.74) is -0.268. The predicted octanol–water partition coefficient (Wildman–Crippen LogP) is 5.62. The Bertz CT molecular complexity index is 1610. The van der Waals surface area contributed by atoms with E-state index in [1.54, 1.807) is 0 Å². The van der Waals surface area contributed by atoms with Crippen LogP contribution in [0, 0.1) is 11.3 Å². The van der Waals surface area contributed by atoms with Crippen molar-refractivity contribution < 1.29 is 40.8 Å². The van der Waals surface area contributed by atoms with Crippen molar-refractivity contribution in [2.24, 2.45) is 5.14 Å². The molecule has 0 aromatic heterocycles. The topological polar surface area (TPSA) is 140 Å². The van der Waals surface area contributed by atoms with E-state index in [1.165, 1.54) is 36.4 Å². The summed E-state index contributed by atoms with van der Waals surface area (Å²) in [6.07, 6.45) is -5.47. The van der Waals surface area contributed by atoms with Gasteiger partial charge in [0, 0.05) is 10.6 Å². The summed E-state index contributed by atoms with van der Waals surface area (Å²) >= 11 is 17.9. The molecule has 0 heterocycles. The number of primary sulfonamides is 1. The fourth-order valence-electron chi connectivity index (χ4n) is 3.00. The van der Waals surface area contributed by atoms with Gasteiger partial charge in [-0.25, -0.2) is 18.4 Å². The van der Waals surface area contributed by atoms with Crippen LogP contribution in [0.15, 0.2) is 59.5 Å². The van der Waals surface area contributed by atoms with E-state index in [0.717, 1.165) is 18.2 Å². The van der Waals surface area contributed by atoms with Crippen molar-refractivity contribution >= 4 is 56.7 Å². The number of hydrogen-bond donors (Lipinski definition) is 1. The second kappa shape index (κ2) is 11.7. The fourth-order valence-corrected chi connectivity index (χ4v) is 4.45. The first-order valence-electron chi connectivity index (χ1n) is 10.2. The van der Waals surface area contributed by atoms with E-state index < -0.39 is 45.1 Å². The summed E-state index contributed by atoms with van der Waals surface area (Å²) < 4.78 is 68.0. The van der Waals surface area contributed by atoms with Crippen LogP contribution in [-0.4, -0.2) is 31.5 Å². The van der Waals surface area contributed by atoms with Crippen molar-refractivity contribution in [3.05, 3.63) is 86.4 Å². The van der Waals surface area contributed by atoms with Crippen molar-refractivity contribution in [1.82, 2.24) is 5.06 Å². The highest BCUT2D eigenvalue weighted by molar-refractivity contribution is 7.89. The molecule has 2 N–H and O–H groups in total. The molecule has 0 atom stereocenters. The summed E-state index contributed by atoms with van der Waals surface area (Å²) in [7, 11) is -4.42. The smallest absolute Gasteiger partial charge is 0.456 e. The molecular formula is C23H13Cl3F3N3O6S. The van der Waals surface area contributed by atoms with Gasteiger partial charge in [-0.3, -0.25) is 4.79 Å². The Morgan fingerprint density at radius 1 is 1.00 bits per heavy atom. The number of alkyl halides is 3. The summed E-state index contributed by atoms with van der Waals surface area (Å²) in [5, 5.41) is 14.1. The van der Waals surface area contributed by atoms with Gasteiger partial charge in [0.25, 0.3) is 5.91 Å². The number of hydrogen-bond acceptors (Lipinski definition) is 7. The summed E-state index contributed by atoms with van der Waals surface area (Å²) in [5.74, 6) is -3.99. The Morgan fingerprint density at radius 2 is 1.67 bits per heavy atom. The number of carbonyl (C=O) groups is 2. The molecule has 0 aliphatic heterocycles. The van der Waals surface area contributed by atoms with Gasteiger partial charge < -0.3 is 9.57 Å². The third-order valence-electron chi connectivity index (χ3n) is 4.69. The normalized spacial score (nSPS) is 11.4. The summed E-state index contributed by atoms with van der Waals surface area (Å²) in [4.78, 5) is 28.2. The van der Waals surface area contributed by atoms with Crippen LogP contribution in [0.1, 0.15) is 21.5 Å². The van der Waals surface area contributed by atoms with Crippen molar-refractivity contribution in [3.63, 3.8) is 0 Å². The van der Waals surface area contributed by atoms with Gasteiger partial charge in [0.2, 0.25) is 10.0 Å². The van der Waals surface area contributed by atoms with Gasteiger partial charge in [0.1, 0.15) is 16.4 Å². The maximum atomic E-state index is 13.1. The number of nitriles is 1. The van der Waals surface area contributed by atoms with Gasteiger partial charge >= 0.3 is 12.1 Å². The van der Waals surface area contributed by atoms with Crippen LogP contribution >= 0.6 is 34.8 Å². The highest BCUT2D eigenvalue weighted by atomic mass is 35.5. The van der Waals surface area contributed by atoms with Gasteiger partial charge in [-0.15, -0.1) is 0 Å². The molecule has 0 bridgehead atoms. The number of sulfonamides is 1. The lowest BCUT2D eigenvalue weighted by Gasteiger charge is -2.22. The quantitative estimate of drug-likeness (QED) is 0.352. The largest absolute Gasteiger partial charge is 0.493 e. The SMILES string of the molecule is N#Cc1cc(Cl)cc(Oc2cc(CN(OC(=O)C(F)(F)F)C(=O)c3ccc(Cl)c(S(N)(=O)=O)c3)ccc2Cl)c1. The highest BCUT2D eigenvalue weighted by Crippen LogP contribution is 2.33. The van der Waals surface area contributed by atoms with E-state index >= 15 is 0 Å². The van der Waals surface area contributed by atoms with Crippen LogP contribution in [0.2, 0.25) is 15.1 Å². The first-order chi connectivity index (χ1) is 18.1. The van der Waals surface area contributed by atoms with Crippen LogP contribution in [0.25, 0.3) is 0 Å². The van der Waals surface area contributed by atoms with Gasteiger partial charge in [-0.05, 0) is 54.1 Å². The molecule has 0 unspecified atom stereocenters. The molecule has 0 saturated carbocycles. The fraction of sp³-hybridized carbons (Fsp3) is 0.0870. The lowest BCUT2D eigenvalue weighted by atomic mass is 10.1. The van der Waals surface area contributed by atoms with Crippen molar-refractivity contribution in [3.8, 4) is 17.6 Å². The van der Waals surface area contributed by atoms with Crippen molar-refractivity contribution in [2.45, 2.75) is 17.6 Å². The number of nitrogens with two attached hydrogens (primary N) is 1. The van der Waals surface area contributed by atoms with Crippen molar-refractivity contribution in [2.75, 3.05) is 0 Å². The minimum atomic E-state index is -5.47. The lowest BCUT2D eigenvalue weighted by molar-refractivity contribution is -0.230. The molecule has 9 nitrogen and oxygen atoms in total. The number of rotatable bonds is 6. The molecule has 0 spiro atoms. The minimum absolute atomic E-state index is 0.0397. The minimum Gasteiger partial charge on any atom is -0.456 e. The first kappa shape index (κ1) is 30.0. The molecule has 0 aliphatic rings. The average Bonchev–Trinajstić information content (AvgIpc) is 2.83. The van der Waals surface area contributed by atoms with E-state index in [9.17, 15) is 31.2 Å². The maximum absolute atomic E-state index is 13.1. The third-order valence-corrected chi connectivity index (χ3v) is 6.61. The van der Waals surface area contributed by atoms with Gasteiger partial charge in [0.05, 0.1) is 28.2 Å². The maximum Gasteiger partial charge on any atom is 0.493 e. The zero-order valence-electron chi connectivity index (χ0n) is 19.0. The van der Waals surface area contributed by atoms with Crippen LogP contribution in [0.4, 0.5) is 13.2 Å². The van der Waals surface area contributed by atoms with Gasteiger partial charge in [0.15, 0.2) is 0 Å². The molecule has 3 rings (SSSR count). The Kier molecular flexibility index (Phi) is 8.99. The second-order valence-corrected chi connectivity index (χ2v) is 10.3. The molecule has 0 fully saturated rings. The highest BCUT2D eigenvalue weighted by Gasteiger charge is 2.43. The molecule has 0 radical (unpaired) electrons. The Labute approximate surface area is 234 Å². The molecular weight excluding hydrogens is 610 g/mol. The zero-order chi connectivity index (χ0) is 29.1. The molecule has 1 amide bonds. The number of benzene rings is 3. The average molecular weight is 623 g/mol. The number of ether oxygens (including phenoxy) is 1. The van der Waals surface area contributed by atoms with Crippen molar-refractivity contribution in [1.29, 1.82) is 5.26 Å². The Hall–Kier alpha value is -3.54. The standard InChI is InChI=1S/C23H13Cl3F3N3O6S/c24-15-5-13(10-30)6-16(9-15)37-19-7-12(1-3-17(19)25)11-32(38-22(34)23(27,28)29)21(33)14-2-4-18(26)20(8-14)39(31,35)36/h1-9H,11H2,(H2,31,35,36). The number of carbonyl (C=O) groups excluding carboxylic acids is 2. The van der Waals surface area contributed by atoms with Crippen LogP contribution < -0.4 is 9.88 Å².